The summed E-state index contributed by atoms with van der Waals surface area (Å²) >= 11 is 0. The summed E-state index contributed by atoms with van der Waals surface area (Å²) < 4.78 is 16.2. The number of hydrogen-bond donors (Lipinski definition) is 2. The molecule has 5 nitrogen and oxygen atoms in total. The molecular formula is C18H23FN4O. The van der Waals surface area contributed by atoms with E-state index in [0.29, 0.717) is 24.2 Å². The van der Waals surface area contributed by atoms with Gasteiger partial charge in [-0.1, -0.05) is 26.8 Å². The fourth-order valence-electron chi connectivity index (χ4n) is 2.86. The topological polar surface area (TPSA) is 59.0 Å². The van der Waals surface area contributed by atoms with Crippen LogP contribution in [0.5, 0.6) is 0 Å². The number of carbonyl (C=O) groups excluding carboxylic acids is 1. The van der Waals surface area contributed by atoms with Gasteiger partial charge >= 0.3 is 0 Å². The Morgan fingerprint density at radius 3 is 2.79 bits per heavy atom. The highest BCUT2D eigenvalue weighted by Gasteiger charge is 2.23. The molecule has 0 saturated carbocycles. The van der Waals surface area contributed by atoms with Crippen molar-refractivity contribution in [1.29, 1.82) is 0 Å². The first-order valence-electron chi connectivity index (χ1n) is 8.14. The van der Waals surface area contributed by atoms with Crippen molar-refractivity contribution in [3.63, 3.8) is 0 Å². The highest BCUT2D eigenvalue weighted by molar-refractivity contribution is 6.03. The van der Waals surface area contributed by atoms with Gasteiger partial charge in [0.25, 0.3) is 5.91 Å². The van der Waals surface area contributed by atoms with Crippen molar-refractivity contribution < 1.29 is 9.18 Å². The summed E-state index contributed by atoms with van der Waals surface area (Å²) in [4.78, 5) is 12.5. The minimum atomic E-state index is -0.353. The lowest BCUT2D eigenvalue weighted by Gasteiger charge is -2.19. The average molecular weight is 330 g/mol. The zero-order valence-corrected chi connectivity index (χ0v) is 14.5. The van der Waals surface area contributed by atoms with Gasteiger partial charge in [-0.15, -0.1) is 0 Å². The van der Waals surface area contributed by atoms with Crippen LogP contribution in [-0.2, 0) is 25.4 Å². The summed E-state index contributed by atoms with van der Waals surface area (Å²) in [5.74, 6) is -0.686. The molecule has 0 saturated heterocycles. The molecule has 0 atom stereocenters. The van der Waals surface area contributed by atoms with Crippen LogP contribution < -0.4 is 10.6 Å². The van der Waals surface area contributed by atoms with E-state index in [-0.39, 0.29) is 22.8 Å². The Morgan fingerprint density at radius 2 is 2.12 bits per heavy atom. The van der Waals surface area contributed by atoms with Gasteiger partial charge in [0.15, 0.2) is 0 Å². The van der Waals surface area contributed by atoms with Crippen molar-refractivity contribution in [2.24, 2.45) is 7.05 Å². The van der Waals surface area contributed by atoms with Crippen LogP contribution in [0.15, 0.2) is 18.2 Å². The number of amides is 1. The quantitative estimate of drug-likeness (QED) is 0.890. The Kier molecular flexibility index (Phi) is 4.17. The number of fused-ring (bicyclic) bond motifs is 1. The van der Waals surface area contributed by atoms with Crippen molar-refractivity contribution in [3.05, 3.63) is 46.5 Å². The molecule has 0 spiro atoms. The number of halogens is 1. The first kappa shape index (κ1) is 16.6. The molecule has 1 amide bonds. The molecule has 2 N–H and O–H groups in total. The molecule has 0 fully saturated rings. The van der Waals surface area contributed by atoms with E-state index in [9.17, 15) is 9.18 Å². The van der Waals surface area contributed by atoms with Crippen LogP contribution in [0, 0.1) is 5.82 Å². The highest BCUT2D eigenvalue weighted by Crippen LogP contribution is 2.26. The van der Waals surface area contributed by atoms with Gasteiger partial charge in [0, 0.05) is 19.0 Å². The summed E-state index contributed by atoms with van der Waals surface area (Å²) in [7, 11) is 1.72. The minimum Gasteiger partial charge on any atom is -0.318 e. The van der Waals surface area contributed by atoms with Gasteiger partial charge in [-0.3, -0.25) is 9.48 Å². The van der Waals surface area contributed by atoms with E-state index in [0.717, 1.165) is 17.8 Å². The summed E-state index contributed by atoms with van der Waals surface area (Å²) in [5.41, 5.74) is 2.95. The number of aryl methyl sites for hydroxylation is 1. The molecule has 1 aromatic carbocycles. The average Bonchev–Trinajstić information content (AvgIpc) is 2.92. The van der Waals surface area contributed by atoms with E-state index in [1.54, 1.807) is 19.2 Å². The van der Waals surface area contributed by atoms with Crippen LogP contribution in [0.3, 0.4) is 0 Å². The van der Waals surface area contributed by atoms with Gasteiger partial charge < -0.3 is 10.6 Å². The third-order valence-corrected chi connectivity index (χ3v) is 4.34. The molecule has 24 heavy (non-hydrogen) atoms. The van der Waals surface area contributed by atoms with Crippen LogP contribution in [-0.4, -0.2) is 22.2 Å². The molecule has 128 valence electrons. The Balaban J connectivity index is 1.87. The van der Waals surface area contributed by atoms with Crippen molar-refractivity contribution >= 4 is 11.6 Å². The molecular weight excluding hydrogens is 307 g/mol. The molecule has 3 rings (SSSR count). The maximum Gasteiger partial charge on any atom is 0.274 e. The predicted octanol–water partition coefficient (Wildman–Crippen LogP) is 2.75. The maximum atomic E-state index is 14.7. The van der Waals surface area contributed by atoms with Crippen LogP contribution >= 0.6 is 0 Å². The largest absolute Gasteiger partial charge is 0.318 e. The number of anilines is 1. The van der Waals surface area contributed by atoms with E-state index in [1.807, 2.05) is 26.8 Å². The molecule has 6 heteroatoms. The zero-order valence-electron chi connectivity index (χ0n) is 14.5. The van der Waals surface area contributed by atoms with Crippen molar-refractivity contribution in [3.8, 4) is 0 Å². The lowest BCUT2D eigenvalue weighted by molar-refractivity contribution is 0.101. The van der Waals surface area contributed by atoms with Gasteiger partial charge in [-0.25, -0.2) is 4.39 Å². The molecule has 0 unspecified atom stereocenters. The Labute approximate surface area is 141 Å². The predicted molar refractivity (Wildman–Crippen MR) is 91.7 cm³/mol. The molecule has 1 aromatic heterocycles. The summed E-state index contributed by atoms with van der Waals surface area (Å²) in [6, 6.07) is 5.25. The summed E-state index contributed by atoms with van der Waals surface area (Å²) in [5, 5.41) is 10.3. The first-order chi connectivity index (χ1) is 11.3. The third-order valence-electron chi connectivity index (χ3n) is 4.34. The molecule has 2 aromatic rings. The Hall–Kier alpha value is -2.21. The van der Waals surface area contributed by atoms with Crippen molar-refractivity contribution in [2.75, 3.05) is 11.9 Å². The maximum absolute atomic E-state index is 14.7. The van der Waals surface area contributed by atoms with Crippen LogP contribution in [0.1, 0.15) is 48.1 Å². The van der Waals surface area contributed by atoms with E-state index >= 15 is 0 Å². The normalized spacial score (nSPS) is 14.4. The zero-order chi connectivity index (χ0) is 17.5. The van der Waals surface area contributed by atoms with E-state index in [4.69, 9.17) is 0 Å². The highest BCUT2D eigenvalue weighted by atomic mass is 19.1. The number of carbonyl (C=O) groups is 1. The molecule has 0 radical (unpaired) electrons. The molecule has 0 aliphatic carbocycles. The number of benzene rings is 1. The van der Waals surface area contributed by atoms with Crippen LogP contribution in [0.2, 0.25) is 0 Å². The SMILES string of the molecule is Cn1nc(C(C)(C)C)cc1C(=O)Nc1ccc2c(c1F)CCNC2. The second kappa shape index (κ2) is 6.02. The second-order valence-corrected chi connectivity index (χ2v) is 7.23. The second-order valence-electron chi connectivity index (χ2n) is 7.23. The standard InChI is InChI=1S/C18H23FN4O/c1-18(2,3)15-9-14(23(4)22-15)17(24)21-13-6-5-11-10-20-8-7-12(11)16(13)19/h5-6,9,20H,7-8,10H2,1-4H3,(H,21,24). The molecule has 2 heterocycles. The van der Waals surface area contributed by atoms with Gasteiger partial charge in [0.05, 0.1) is 11.4 Å². The number of nitrogens with zero attached hydrogens (tertiary/aromatic N) is 2. The monoisotopic (exact) mass is 330 g/mol. The van der Waals surface area contributed by atoms with E-state index in [1.165, 1.54) is 4.68 Å². The summed E-state index contributed by atoms with van der Waals surface area (Å²) in [6.07, 6.45) is 0.630. The Bertz CT molecular complexity index is 789. The Morgan fingerprint density at radius 1 is 1.38 bits per heavy atom. The lowest BCUT2D eigenvalue weighted by atomic mass is 9.92. The number of hydrogen-bond acceptors (Lipinski definition) is 3. The van der Waals surface area contributed by atoms with Crippen molar-refractivity contribution in [1.82, 2.24) is 15.1 Å². The number of nitrogens with one attached hydrogen (secondary N) is 2. The van der Waals surface area contributed by atoms with Gasteiger partial charge in [-0.05, 0) is 36.2 Å². The fraction of sp³-hybridized carbons (Fsp3) is 0.444. The van der Waals surface area contributed by atoms with Gasteiger partial charge in [0.2, 0.25) is 0 Å². The van der Waals surface area contributed by atoms with Crippen molar-refractivity contribution in [2.45, 2.75) is 39.2 Å². The third kappa shape index (κ3) is 3.06. The van der Waals surface area contributed by atoms with E-state index < -0.39 is 0 Å². The number of rotatable bonds is 2. The van der Waals surface area contributed by atoms with Crippen LogP contribution in [0.4, 0.5) is 10.1 Å². The van der Waals surface area contributed by atoms with Gasteiger partial charge in [0.1, 0.15) is 11.5 Å². The molecule has 1 aliphatic rings. The van der Waals surface area contributed by atoms with E-state index in [2.05, 4.69) is 15.7 Å². The minimum absolute atomic E-state index is 0.152. The molecule has 0 bridgehead atoms. The number of aromatic nitrogens is 2. The lowest BCUT2D eigenvalue weighted by Crippen LogP contribution is -2.25. The summed E-state index contributed by atoms with van der Waals surface area (Å²) in [6.45, 7) is 7.52. The van der Waals surface area contributed by atoms with Crippen LogP contribution in [0.25, 0.3) is 0 Å². The van der Waals surface area contributed by atoms with Gasteiger partial charge in [-0.2, -0.15) is 5.10 Å². The first-order valence-corrected chi connectivity index (χ1v) is 8.14. The molecule has 1 aliphatic heterocycles. The fourth-order valence-corrected chi connectivity index (χ4v) is 2.86. The smallest absolute Gasteiger partial charge is 0.274 e.